The highest BCUT2D eigenvalue weighted by atomic mass is 35.5. The SMILES string of the molecule is CCOc1ccc(NC(=S)NNC(=O)COc2ccc(Cl)cc2Cl)cc1. The molecule has 26 heavy (non-hydrogen) atoms. The molecular formula is C17H17Cl2N3O3S. The van der Waals surface area contributed by atoms with Crippen molar-refractivity contribution in [3.8, 4) is 11.5 Å². The van der Waals surface area contributed by atoms with Crippen LogP contribution in [0.1, 0.15) is 6.92 Å². The summed E-state index contributed by atoms with van der Waals surface area (Å²) in [6, 6.07) is 12.0. The van der Waals surface area contributed by atoms with Gasteiger partial charge in [-0.25, -0.2) is 0 Å². The molecule has 0 radical (unpaired) electrons. The summed E-state index contributed by atoms with van der Waals surface area (Å²) < 4.78 is 10.7. The lowest BCUT2D eigenvalue weighted by atomic mass is 10.3. The Bertz CT molecular complexity index is 772. The van der Waals surface area contributed by atoms with E-state index in [1.807, 2.05) is 31.2 Å². The Hall–Kier alpha value is -2.22. The predicted octanol–water partition coefficient (Wildman–Crippen LogP) is 3.79. The molecule has 1 amide bonds. The summed E-state index contributed by atoms with van der Waals surface area (Å²) in [5, 5.41) is 3.97. The van der Waals surface area contributed by atoms with Crippen LogP contribution in [-0.4, -0.2) is 24.2 Å². The van der Waals surface area contributed by atoms with Crippen LogP contribution in [-0.2, 0) is 4.79 Å². The number of nitrogens with one attached hydrogen (secondary N) is 3. The van der Waals surface area contributed by atoms with E-state index < -0.39 is 5.91 Å². The summed E-state index contributed by atoms with van der Waals surface area (Å²) in [5.74, 6) is 0.705. The number of thiocarbonyl (C=S) groups is 1. The van der Waals surface area contributed by atoms with E-state index in [9.17, 15) is 4.79 Å². The van der Waals surface area contributed by atoms with Crippen molar-refractivity contribution in [2.75, 3.05) is 18.5 Å². The molecule has 0 fully saturated rings. The molecule has 0 unspecified atom stereocenters. The minimum absolute atomic E-state index is 0.229. The molecule has 138 valence electrons. The lowest BCUT2D eigenvalue weighted by Gasteiger charge is -2.13. The predicted molar refractivity (Wildman–Crippen MR) is 107 cm³/mol. The third-order valence-corrected chi connectivity index (χ3v) is 3.73. The number of hydrogen-bond donors (Lipinski definition) is 3. The van der Waals surface area contributed by atoms with Crippen molar-refractivity contribution in [1.82, 2.24) is 10.9 Å². The average Bonchev–Trinajstić information content (AvgIpc) is 2.61. The largest absolute Gasteiger partial charge is 0.494 e. The monoisotopic (exact) mass is 413 g/mol. The molecule has 6 nitrogen and oxygen atoms in total. The Kier molecular flexibility index (Phi) is 7.77. The van der Waals surface area contributed by atoms with Gasteiger partial charge in [-0.05, 0) is 61.6 Å². The average molecular weight is 414 g/mol. The van der Waals surface area contributed by atoms with Crippen LogP contribution in [0.3, 0.4) is 0 Å². The summed E-state index contributed by atoms with van der Waals surface area (Å²) >= 11 is 16.9. The van der Waals surface area contributed by atoms with E-state index in [2.05, 4.69) is 16.2 Å². The van der Waals surface area contributed by atoms with Gasteiger partial charge in [0.2, 0.25) is 0 Å². The number of rotatable bonds is 6. The molecule has 9 heteroatoms. The van der Waals surface area contributed by atoms with Crippen LogP contribution in [0.4, 0.5) is 5.69 Å². The lowest BCUT2D eigenvalue weighted by molar-refractivity contribution is -0.123. The van der Waals surface area contributed by atoms with Crippen molar-refractivity contribution < 1.29 is 14.3 Å². The first-order chi connectivity index (χ1) is 12.5. The second-order valence-corrected chi connectivity index (χ2v) is 6.20. The molecule has 2 aromatic rings. The van der Waals surface area contributed by atoms with Crippen LogP contribution < -0.4 is 25.6 Å². The molecule has 0 aliphatic heterocycles. The van der Waals surface area contributed by atoms with E-state index >= 15 is 0 Å². The number of carbonyl (C=O) groups is 1. The molecule has 0 saturated carbocycles. The third-order valence-electron chi connectivity index (χ3n) is 2.99. The Morgan fingerprint density at radius 1 is 1.08 bits per heavy atom. The molecule has 3 N–H and O–H groups in total. The highest BCUT2D eigenvalue weighted by molar-refractivity contribution is 7.80. The lowest BCUT2D eigenvalue weighted by Crippen LogP contribution is -2.45. The van der Waals surface area contributed by atoms with Gasteiger partial charge in [-0.1, -0.05) is 23.2 Å². The molecule has 2 aromatic carbocycles. The van der Waals surface area contributed by atoms with Crippen molar-refractivity contribution in [1.29, 1.82) is 0 Å². The smallest absolute Gasteiger partial charge is 0.276 e. The molecule has 0 spiro atoms. The van der Waals surface area contributed by atoms with Crippen LogP contribution in [0.2, 0.25) is 10.0 Å². The number of anilines is 1. The van der Waals surface area contributed by atoms with Gasteiger partial charge >= 0.3 is 0 Å². The summed E-state index contributed by atoms with van der Waals surface area (Å²) in [4.78, 5) is 11.8. The van der Waals surface area contributed by atoms with Gasteiger partial charge in [0, 0.05) is 10.7 Å². The quantitative estimate of drug-likeness (QED) is 0.494. The zero-order chi connectivity index (χ0) is 18.9. The normalized spacial score (nSPS) is 9.96. The van der Waals surface area contributed by atoms with Gasteiger partial charge in [-0.2, -0.15) is 0 Å². The molecule has 0 heterocycles. The molecule has 0 saturated heterocycles. The second-order valence-electron chi connectivity index (χ2n) is 4.95. The number of carbonyl (C=O) groups excluding carboxylic acids is 1. The van der Waals surface area contributed by atoms with Crippen LogP contribution >= 0.6 is 35.4 Å². The van der Waals surface area contributed by atoms with Crippen molar-refractivity contribution in [2.24, 2.45) is 0 Å². The fourth-order valence-electron chi connectivity index (χ4n) is 1.86. The molecule has 0 bridgehead atoms. The van der Waals surface area contributed by atoms with Crippen molar-refractivity contribution in [3.05, 3.63) is 52.5 Å². The number of hydrazine groups is 1. The fourth-order valence-corrected chi connectivity index (χ4v) is 2.49. The summed E-state index contributed by atoms with van der Waals surface area (Å²) in [5.41, 5.74) is 5.76. The van der Waals surface area contributed by atoms with Crippen molar-refractivity contribution in [3.63, 3.8) is 0 Å². The molecular weight excluding hydrogens is 397 g/mol. The van der Waals surface area contributed by atoms with E-state index in [4.69, 9.17) is 44.9 Å². The number of halogens is 2. The van der Waals surface area contributed by atoms with Gasteiger partial charge in [-0.3, -0.25) is 15.6 Å². The van der Waals surface area contributed by atoms with Gasteiger partial charge in [-0.15, -0.1) is 0 Å². The van der Waals surface area contributed by atoms with Gasteiger partial charge in [0.05, 0.1) is 11.6 Å². The van der Waals surface area contributed by atoms with Crippen molar-refractivity contribution >= 4 is 52.1 Å². The van der Waals surface area contributed by atoms with Crippen LogP contribution in [0, 0.1) is 0 Å². The summed E-state index contributed by atoms with van der Waals surface area (Å²) in [6.07, 6.45) is 0. The Labute approximate surface area is 166 Å². The van der Waals surface area contributed by atoms with E-state index in [0.717, 1.165) is 11.4 Å². The molecule has 0 aliphatic rings. The van der Waals surface area contributed by atoms with E-state index in [1.54, 1.807) is 12.1 Å². The Balaban J connectivity index is 1.73. The minimum atomic E-state index is -0.424. The van der Waals surface area contributed by atoms with Gasteiger partial charge in [0.15, 0.2) is 11.7 Å². The summed E-state index contributed by atoms with van der Waals surface area (Å²) in [6.45, 7) is 2.28. The number of amides is 1. The maximum absolute atomic E-state index is 11.8. The Morgan fingerprint density at radius 3 is 2.46 bits per heavy atom. The molecule has 0 aliphatic carbocycles. The highest BCUT2D eigenvalue weighted by Gasteiger charge is 2.07. The van der Waals surface area contributed by atoms with E-state index in [-0.39, 0.29) is 11.7 Å². The number of hydrogen-bond acceptors (Lipinski definition) is 4. The molecule has 0 atom stereocenters. The van der Waals surface area contributed by atoms with Crippen molar-refractivity contribution in [2.45, 2.75) is 6.92 Å². The fraction of sp³-hybridized carbons (Fsp3) is 0.176. The zero-order valence-electron chi connectivity index (χ0n) is 13.8. The van der Waals surface area contributed by atoms with Gasteiger partial charge in [0.25, 0.3) is 5.91 Å². The zero-order valence-corrected chi connectivity index (χ0v) is 16.2. The first-order valence-corrected chi connectivity index (χ1v) is 8.81. The van der Waals surface area contributed by atoms with E-state index in [1.165, 1.54) is 6.07 Å². The van der Waals surface area contributed by atoms with Crippen LogP contribution in [0.15, 0.2) is 42.5 Å². The van der Waals surface area contributed by atoms with Crippen LogP contribution in [0.25, 0.3) is 0 Å². The highest BCUT2D eigenvalue weighted by Crippen LogP contribution is 2.27. The Morgan fingerprint density at radius 2 is 1.81 bits per heavy atom. The maximum atomic E-state index is 11.8. The first-order valence-electron chi connectivity index (χ1n) is 7.64. The topological polar surface area (TPSA) is 71.6 Å². The molecule has 2 rings (SSSR count). The summed E-state index contributed by atoms with van der Waals surface area (Å²) in [7, 11) is 0. The minimum Gasteiger partial charge on any atom is -0.494 e. The van der Waals surface area contributed by atoms with Gasteiger partial charge in [0.1, 0.15) is 11.5 Å². The van der Waals surface area contributed by atoms with E-state index in [0.29, 0.717) is 22.4 Å². The third kappa shape index (κ3) is 6.59. The standard InChI is InChI=1S/C17H17Cl2N3O3S/c1-2-24-13-6-4-12(5-7-13)20-17(26)22-21-16(23)10-25-15-8-3-11(18)9-14(15)19/h3-9H,2,10H2,1H3,(H,21,23)(H2,20,22,26). The van der Waals surface area contributed by atoms with Crippen LogP contribution in [0.5, 0.6) is 11.5 Å². The molecule has 0 aromatic heterocycles. The van der Waals surface area contributed by atoms with Gasteiger partial charge < -0.3 is 14.8 Å². The number of benzene rings is 2. The second kappa shape index (κ2) is 10.1. The number of ether oxygens (including phenoxy) is 2. The maximum Gasteiger partial charge on any atom is 0.276 e. The first kappa shape index (κ1) is 20.1.